The molecule has 0 radical (unpaired) electrons. The van der Waals surface area contributed by atoms with E-state index in [4.69, 9.17) is 14.6 Å². The summed E-state index contributed by atoms with van der Waals surface area (Å²) in [6.45, 7) is 2.33. The molecule has 1 rings (SSSR count). The van der Waals surface area contributed by atoms with Crippen molar-refractivity contribution in [3.8, 4) is 0 Å². The average Bonchev–Trinajstić information content (AvgIpc) is 2.45. The van der Waals surface area contributed by atoms with Gasteiger partial charge in [0.15, 0.2) is 0 Å². The molecule has 3 N–H and O–H groups in total. The monoisotopic (exact) mass is 296 g/mol. The minimum absolute atomic E-state index is 0.0466. The number of hydrogen-bond acceptors (Lipinski definition) is 4. The van der Waals surface area contributed by atoms with Crippen LogP contribution in [0.15, 0.2) is 18.2 Å². The highest BCUT2D eigenvalue weighted by Crippen LogP contribution is 2.20. The zero-order valence-corrected chi connectivity index (χ0v) is 12.3. The second-order valence-corrected chi connectivity index (χ2v) is 4.45. The first-order valence-electron chi connectivity index (χ1n) is 6.39. The SMILES string of the molecule is COCC(CNC(=O)Nc1c(C)cccc1C(=O)O)OC. The average molecular weight is 296 g/mol. The smallest absolute Gasteiger partial charge is 0.337 e. The van der Waals surface area contributed by atoms with Gasteiger partial charge < -0.3 is 25.2 Å². The molecule has 0 heterocycles. The van der Waals surface area contributed by atoms with Crippen LogP contribution in [0, 0.1) is 6.92 Å². The Morgan fingerprint density at radius 2 is 2.05 bits per heavy atom. The highest BCUT2D eigenvalue weighted by molar-refractivity contribution is 6.00. The number of nitrogens with one attached hydrogen (secondary N) is 2. The van der Waals surface area contributed by atoms with Crippen molar-refractivity contribution in [2.45, 2.75) is 13.0 Å². The number of hydrogen-bond donors (Lipinski definition) is 3. The summed E-state index contributed by atoms with van der Waals surface area (Å²) in [5.41, 5.74) is 0.999. The lowest BCUT2D eigenvalue weighted by molar-refractivity contribution is 0.0307. The summed E-state index contributed by atoms with van der Waals surface area (Å²) in [5.74, 6) is -1.09. The third-order valence-corrected chi connectivity index (χ3v) is 2.92. The summed E-state index contributed by atoms with van der Waals surface area (Å²) >= 11 is 0. The van der Waals surface area contributed by atoms with Crippen LogP contribution in [0.5, 0.6) is 0 Å². The molecule has 0 aliphatic carbocycles. The molecule has 116 valence electrons. The van der Waals surface area contributed by atoms with E-state index in [2.05, 4.69) is 10.6 Å². The molecule has 21 heavy (non-hydrogen) atoms. The first-order valence-corrected chi connectivity index (χ1v) is 6.39. The molecule has 1 aromatic carbocycles. The number of aromatic carboxylic acids is 1. The second-order valence-electron chi connectivity index (χ2n) is 4.45. The number of aryl methyl sites for hydroxylation is 1. The molecule has 0 saturated carbocycles. The normalized spacial score (nSPS) is 11.8. The Labute approximate surface area is 123 Å². The van der Waals surface area contributed by atoms with E-state index < -0.39 is 12.0 Å². The standard InChI is InChI=1S/C14H20N2O5/c1-9-5-4-6-11(13(17)18)12(9)16-14(19)15-7-10(21-3)8-20-2/h4-6,10H,7-8H2,1-3H3,(H,17,18)(H2,15,16,19). The number of carboxylic acids is 1. The van der Waals surface area contributed by atoms with E-state index >= 15 is 0 Å². The third-order valence-electron chi connectivity index (χ3n) is 2.92. The number of carboxylic acid groups (broad SMARTS) is 1. The minimum Gasteiger partial charge on any atom is -0.478 e. The van der Waals surface area contributed by atoms with Crippen molar-refractivity contribution in [1.29, 1.82) is 0 Å². The summed E-state index contributed by atoms with van der Waals surface area (Å²) in [6.07, 6.45) is -0.267. The lowest BCUT2D eigenvalue weighted by Crippen LogP contribution is -2.38. The Morgan fingerprint density at radius 1 is 1.33 bits per heavy atom. The molecule has 2 amide bonds. The maximum Gasteiger partial charge on any atom is 0.337 e. The van der Waals surface area contributed by atoms with Crippen molar-refractivity contribution in [1.82, 2.24) is 5.32 Å². The Kier molecular flexibility index (Phi) is 6.64. The maximum absolute atomic E-state index is 11.9. The van der Waals surface area contributed by atoms with Crippen LogP contribution in [0.2, 0.25) is 0 Å². The summed E-state index contributed by atoms with van der Waals surface area (Å²) in [7, 11) is 3.06. The number of carbonyl (C=O) groups excluding carboxylic acids is 1. The van der Waals surface area contributed by atoms with Gasteiger partial charge in [0.1, 0.15) is 0 Å². The van der Waals surface area contributed by atoms with E-state index in [-0.39, 0.29) is 23.9 Å². The van der Waals surface area contributed by atoms with E-state index in [0.29, 0.717) is 12.2 Å². The zero-order chi connectivity index (χ0) is 15.8. The Balaban J connectivity index is 2.69. The van der Waals surface area contributed by atoms with Gasteiger partial charge in [-0.1, -0.05) is 12.1 Å². The van der Waals surface area contributed by atoms with Crippen molar-refractivity contribution >= 4 is 17.7 Å². The van der Waals surface area contributed by atoms with Crippen molar-refractivity contribution in [3.63, 3.8) is 0 Å². The molecule has 0 saturated heterocycles. The topological polar surface area (TPSA) is 96.9 Å². The zero-order valence-electron chi connectivity index (χ0n) is 12.3. The van der Waals surface area contributed by atoms with Gasteiger partial charge in [0.25, 0.3) is 0 Å². The van der Waals surface area contributed by atoms with Gasteiger partial charge >= 0.3 is 12.0 Å². The highest BCUT2D eigenvalue weighted by Gasteiger charge is 2.15. The van der Waals surface area contributed by atoms with E-state index in [1.807, 2.05) is 0 Å². The number of rotatable bonds is 7. The Bertz CT molecular complexity index is 504. The molecule has 1 atom stereocenters. The van der Waals surface area contributed by atoms with Crippen LogP contribution in [0.3, 0.4) is 0 Å². The van der Waals surface area contributed by atoms with Gasteiger partial charge in [-0.15, -0.1) is 0 Å². The molecule has 0 aliphatic heterocycles. The van der Waals surface area contributed by atoms with Crippen LogP contribution in [-0.2, 0) is 9.47 Å². The number of anilines is 1. The van der Waals surface area contributed by atoms with Crippen molar-refractivity contribution < 1.29 is 24.2 Å². The Hall–Kier alpha value is -2.12. The molecule has 7 nitrogen and oxygen atoms in total. The largest absolute Gasteiger partial charge is 0.478 e. The predicted molar refractivity (Wildman–Crippen MR) is 77.8 cm³/mol. The van der Waals surface area contributed by atoms with E-state index in [1.54, 1.807) is 26.2 Å². The fourth-order valence-electron chi connectivity index (χ4n) is 1.77. The van der Waals surface area contributed by atoms with Gasteiger partial charge in [0.05, 0.1) is 24.0 Å². The first kappa shape index (κ1) is 16.9. The molecular weight excluding hydrogens is 276 g/mol. The number of urea groups is 1. The van der Waals surface area contributed by atoms with Crippen LogP contribution in [0.4, 0.5) is 10.5 Å². The van der Waals surface area contributed by atoms with E-state index in [1.165, 1.54) is 13.2 Å². The van der Waals surface area contributed by atoms with Gasteiger partial charge in [0, 0.05) is 20.8 Å². The molecular formula is C14H20N2O5. The first-order chi connectivity index (χ1) is 9.99. The fraction of sp³-hybridized carbons (Fsp3) is 0.429. The van der Waals surface area contributed by atoms with Crippen LogP contribution in [0.1, 0.15) is 15.9 Å². The summed E-state index contributed by atoms with van der Waals surface area (Å²) < 4.78 is 10.1. The van der Waals surface area contributed by atoms with Crippen LogP contribution in [0.25, 0.3) is 0 Å². The van der Waals surface area contributed by atoms with Crippen LogP contribution in [-0.4, -0.2) is 50.6 Å². The summed E-state index contributed by atoms with van der Waals surface area (Å²) in [5, 5.41) is 14.3. The Morgan fingerprint density at radius 3 is 2.62 bits per heavy atom. The lowest BCUT2D eigenvalue weighted by atomic mass is 10.1. The van der Waals surface area contributed by atoms with Gasteiger partial charge in [-0.3, -0.25) is 0 Å². The summed E-state index contributed by atoms with van der Waals surface area (Å²) in [6, 6.07) is 4.30. The van der Waals surface area contributed by atoms with Crippen molar-refractivity contribution in [2.75, 3.05) is 32.7 Å². The molecule has 1 aromatic rings. The molecule has 0 spiro atoms. The van der Waals surface area contributed by atoms with Crippen molar-refractivity contribution in [2.24, 2.45) is 0 Å². The minimum atomic E-state index is -1.09. The molecule has 0 bridgehead atoms. The summed E-state index contributed by atoms with van der Waals surface area (Å²) in [4.78, 5) is 23.0. The van der Waals surface area contributed by atoms with Crippen LogP contribution >= 0.6 is 0 Å². The van der Waals surface area contributed by atoms with Crippen molar-refractivity contribution in [3.05, 3.63) is 29.3 Å². The quantitative estimate of drug-likeness (QED) is 0.708. The predicted octanol–water partition coefficient (Wildman–Crippen LogP) is 1.48. The number of methoxy groups -OCH3 is 2. The van der Waals surface area contributed by atoms with Gasteiger partial charge in [-0.25, -0.2) is 9.59 Å². The second kappa shape index (κ2) is 8.23. The number of benzene rings is 1. The van der Waals surface area contributed by atoms with E-state index in [9.17, 15) is 9.59 Å². The molecule has 0 aliphatic rings. The number of amides is 2. The molecule has 1 unspecified atom stereocenters. The molecule has 7 heteroatoms. The highest BCUT2D eigenvalue weighted by atomic mass is 16.5. The number of para-hydroxylation sites is 1. The lowest BCUT2D eigenvalue weighted by Gasteiger charge is -2.16. The fourth-order valence-corrected chi connectivity index (χ4v) is 1.77. The number of ether oxygens (including phenoxy) is 2. The van der Waals surface area contributed by atoms with E-state index in [0.717, 1.165) is 0 Å². The van der Waals surface area contributed by atoms with Gasteiger partial charge in [-0.2, -0.15) is 0 Å². The van der Waals surface area contributed by atoms with Crippen LogP contribution < -0.4 is 10.6 Å². The molecule has 0 fully saturated rings. The van der Waals surface area contributed by atoms with Gasteiger partial charge in [0.2, 0.25) is 0 Å². The third kappa shape index (κ3) is 5.05. The maximum atomic E-state index is 11.9. The number of carbonyl (C=O) groups is 2. The molecule has 0 aromatic heterocycles. The van der Waals surface area contributed by atoms with Gasteiger partial charge in [-0.05, 0) is 18.6 Å².